The monoisotopic (exact) mass is 419 g/mol. The molecular weight excluding hydrogens is 399 g/mol. The van der Waals surface area contributed by atoms with Gasteiger partial charge in [0.2, 0.25) is 5.95 Å². The number of pyridine rings is 1. The molecule has 3 rings (SSSR count). The van der Waals surface area contributed by atoms with Crippen LogP contribution in [0.25, 0.3) is 11.3 Å². The molecule has 0 saturated heterocycles. The summed E-state index contributed by atoms with van der Waals surface area (Å²) < 4.78 is 41.2. The predicted molar refractivity (Wildman–Crippen MR) is 107 cm³/mol. The van der Waals surface area contributed by atoms with Crippen LogP contribution >= 0.6 is 0 Å². The van der Waals surface area contributed by atoms with E-state index in [0.717, 1.165) is 5.56 Å². The van der Waals surface area contributed by atoms with E-state index in [2.05, 4.69) is 30.3 Å². The molecule has 158 valence electrons. The number of hydrogen-bond acceptors (Lipinski definition) is 7. The van der Waals surface area contributed by atoms with Gasteiger partial charge < -0.3 is 20.5 Å². The van der Waals surface area contributed by atoms with Gasteiger partial charge in [0.15, 0.2) is 0 Å². The zero-order valence-electron chi connectivity index (χ0n) is 16.2. The number of benzene rings is 1. The van der Waals surface area contributed by atoms with E-state index >= 15 is 0 Å². The van der Waals surface area contributed by atoms with Crippen molar-refractivity contribution in [2.75, 3.05) is 17.2 Å². The van der Waals surface area contributed by atoms with Crippen LogP contribution in [0.2, 0.25) is 0 Å². The predicted octanol–water partition coefficient (Wildman–Crippen LogP) is 4.28. The smallest absolute Gasteiger partial charge is 0.406 e. The fourth-order valence-electron chi connectivity index (χ4n) is 2.62. The van der Waals surface area contributed by atoms with Crippen molar-refractivity contribution in [2.24, 2.45) is 0 Å². The van der Waals surface area contributed by atoms with Crippen molar-refractivity contribution in [2.45, 2.75) is 26.3 Å². The molecule has 0 fully saturated rings. The lowest BCUT2D eigenvalue weighted by molar-refractivity contribution is -0.274. The van der Waals surface area contributed by atoms with Gasteiger partial charge in [-0.15, -0.1) is 13.2 Å². The summed E-state index contributed by atoms with van der Waals surface area (Å²) in [5.74, 6) is 0.405. The molecule has 3 aromatic rings. The second kappa shape index (κ2) is 8.95. The van der Waals surface area contributed by atoms with Gasteiger partial charge in [0.05, 0.1) is 12.3 Å². The quantitative estimate of drug-likeness (QED) is 0.526. The van der Waals surface area contributed by atoms with Crippen molar-refractivity contribution >= 4 is 17.5 Å². The van der Waals surface area contributed by atoms with Gasteiger partial charge in [-0.2, -0.15) is 4.98 Å². The lowest BCUT2D eigenvalue weighted by Crippen LogP contribution is -2.21. The van der Waals surface area contributed by atoms with Gasteiger partial charge in [0.25, 0.3) is 0 Å². The summed E-state index contributed by atoms with van der Waals surface area (Å²) in [6.07, 6.45) is -1.46. The molecule has 30 heavy (non-hydrogen) atoms. The second-order valence-electron chi connectivity index (χ2n) is 6.58. The minimum absolute atomic E-state index is 0.108. The van der Waals surface area contributed by atoms with Crippen LogP contribution in [0.4, 0.5) is 30.6 Å². The number of nitrogens with zero attached hydrogens (tertiary/aromatic N) is 3. The van der Waals surface area contributed by atoms with Gasteiger partial charge in [-0.3, -0.25) is 4.98 Å². The maximum Gasteiger partial charge on any atom is 0.573 e. The third-order valence-corrected chi connectivity index (χ3v) is 4.03. The lowest BCUT2D eigenvalue weighted by atomic mass is 10.1. The van der Waals surface area contributed by atoms with E-state index in [0.29, 0.717) is 22.8 Å². The minimum atomic E-state index is -4.75. The molecule has 0 saturated carbocycles. The number of aromatic nitrogens is 3. The van der Waals surface area contributed by atoms with Gasteiger partial charge in [-0.05, 0) is 49.7 Å². The zero-order valence-corrected chi connectivity index (χ0v) is 16.2. The molecule has 0 aliphatic heterocycles. The Hall–Kier alpha value is -3.40. The van der Waals surface area contributed by atoms with Crippen molar-refractivity contribution in [3.63, 3.8) is 0 Å². The van der Waals surface area contributed by atoms with Gasteiger partial charge >= 0.3 is 6.36 Å². The molecule has 0 bridgehead atoms. The fraction of sp³-hybridized carbons (Fsp3) is 0.250. The molecule has 0 spiro atoms. The van der Waals surface area contributed by atoms with E-state index in [1.807, 2.05) is 6.07 Å². The second-order valence-corrected chi connectivity index (χ2v) is 6.58. The molecule has 3 N–H and O–H groups in total. The highest BCUT2D eigenvalue weighted by atomic mass is 19.4. The Bertz CT molecular complexity index is 999. The number of aliphatic hydroxyl groups is 1. The summed E-state index contributed by atoms with van der Waals surface area (Å²) in [5, 5.41) is 15.4. The van der Waals surface area contributed by atoms with Crippen molar-refractivity contribution in [1.82, 2.24) is 15.0 Å². The summed E-state index contributed by atoms with van der Waals surface area (Å²) in [6, 6.07) is 9.02. The third kappa shape index (κ3) is 5.80. The minimum Gasteiger partial charge on any atom is -0.406 e. The number of nitrogens with one attached hydrogen (secondary N) is 2. The number of anilines is 3. The lowest BCUT2D eigenvalue weighted by Gasteiger charge is -2.16. The summed E-state index contributed by atoms with van der Waals surface area (Å²) in [4.78, 5) is 12.9. The number of hydrogen-bond donors (Lipinski definition) is 3. The summed E-state index contributed by atoms with van der Waals surface area (Å²) in [7, 11) is 0. The van der Waals surface area contributed by atoms with Gasteiger partial charge in [0.1, 0.15) is 11.6 Å². The number of aryl methyl sites for hydroxylation is 1. The van der Waals surface area contributed by atoms with Crippen LogP contribution in [0.5, 0.6) is 5.75 Å². The van der Waals surface area contributed by atoms with Crippen LogP contribution in [-0.4, -0.2) is 39.1 Å². The van der Waals surface area contributed by atoms with Gasteiger partial charge in [-0.1, -0.05) is 0 Å². The van der Waals surface area contributed by atoms with Gasteiger partial charge in [-0.25, -0.2) is 4.98 Å². The van der Waals surface area contributed by atoms with Crippen LogP contribution in [-0.2, 0) is 0 Å². The average Bonchev–Trinajstić information content (AvgIpc) is 2.69. The molecule has 10 heteroatoms. The largest absolute Gasteiger partial charge is 0.573 e. The SMILES string of the molecule is Cc1cc(OC(F)(F)F)ccc1Nc1cc(-c2cccnc2)nc(N[C@@H](C)CO)n1. The zero-order chi connectivity index (χ0) is 21.7. The van der Waals surface area contributed by atoms with Crippen LogP contribution < -0.4 is 15.4 Å². The average molecular weight is 419 g/mol. The van der Waals surface area contributed by atoms with E-state index in [1.165, 1.54) is 18.2 Å². The van der Waals surface area contributed by atoms with Crippen molar-refractivity contribution < 1.29 is 23.0 Å². The Morgan fingerprint density at radius 2 is 1.97 bits per heavy atom. The standard InChI is InChI=1S/C20H20F3N5O2/c1-12-8-15(30-20(21,22)23)5-6-16(12)26-18-9-17(14-4-3-7-24-10-14)27-19(28-18)25-13(2)11-29/h3-10,13,29H,11H2,1-2H3,(H2,25,26,27,28)/t13-/m0/s1. The molecule has 2 aromatic heterocycles. The van der Waals surface area contributed by atoms with Crippen molar-refractivity contribution in [3.8, 4) is 17.0 Å². The first-order valence-electron chi connectivity index (χ1n) is 9.04. The van der Waals surface area contributed by atoms with E-state index in [9.17, 15) is 18.3 Å². The summed E-state index contributed by atoms with van der Waals surface area (Å²) in [5.41, 5.74) is 2.44. The van der Waals surface area contributed by atoms with Crippen LogP contribution in [0, 0.1) is 6.92 Å². The Morgan fingerprint density at radius 3 is 2.60 bits per heavy atom. The molecule has 2 heterocycles. The van der Waals surface area contributed by atoms with Crippen LogP contribution in [0.3, 0.4) is 0 Å². The summed E-state index contributed by atoms with van der Waals surface area (Å²) >= 11 is 0. The third-order valence-electron chi connectivity index (χ3n) is 4.03. The maximum atomic E-state index is 12.4. The first-order valence-corrected chi connectivity index (χ1v) is 9.04. The fourth-order valence-corrected chi connectivity index (χ4v) is 2.62. The topological polar surface area (TPSA) is 92.2 Å². The molecular formula is C20H20F3N5O2. The van der Waals surface area contributed by atoms with E-state index < -0.39 is 6.36 Å². The number of aliphatic hydroxyl groups excluding tert-OH is 1. The Morgan fingerprint density at radius 1 is 1.17 bits per heavy atom. The first kappa shape index (κ1) is 21.3. The van der Waals surface area contributed by atoms with E-state index in [4.69, 9.17) is 0 Å². The van der Waals surface area contributed by atoms with Crippen LogP contribution in [0.15, 0.2) is 48.8 Å². The molecule has 0 aliphatic carbocycles. The van der Waals surface area contributed by atoms with E-state index in [1.54, 1.807) is 38.4 Å². The number of halogens is 3. The van der Waals surface area contributed by atoms with Gasteiger partial charge in [0, 0.05) is 35.8 Å². The molecule has 0 radical (unpaired) electrons. The molecule has 0 amide bonds. The van der Waals surface area contributed by atoms with E-state index in [-0.39, 0.29) is 24.3 Å². The highest BCUT2D eigenvalue weighted by molar-refractivity contribution is 5.68. The van der Waals surface area contributed by atoms with Crippen molar-refractivity contribution in [1.29, 1.82) is 0 Å². The molecule has 1 atom stereocenters. The Balaban J connectivity index is 1.92. The van der Waals surface area contributed by atoms with Crippen molar-refractivity contribution in [3.05, 3.63) is 54.4 Å². The highest BCUT2D eigenvalue weighted by Gasteiger charge is 2.31. The first-order chi connectivity index (χ1) is 14.2. The number of rotatable bonds is 7. The highest BCUT2D eigenvalue weighted by Crippen LogP contribution is 2.29. The number of ether oxygens (including phenoxy) is 1. The van der Waals surface area contributed by atoms with Crippen LogP contribution in [0.1, 0.15) is 12.5 Å². The normalized spacial score (nSPS) is 12.3. The summed E-state index contributed by atoms with van der Waals surface area (Å²) in [6.45, 7) is 3.32. The number of alkyl halides is 3. The molecule has 0 unspecified atom stereocenters. The Labute approximate surface area is 171 Å². The molecule has 0 aliphatic rings. The molecule has 7 nitrogen and oxygen atoms in total. The molecule has 1 aromatic carbocycles. The maximum absolute atomic E-state index is 12.4. The Kier molecular flexibility index (Phi) is 6.36.